The molecule has 1 aromatic carbocycles. The van der Waals surface area contributed by atoms with Crippen LogP contribution in [0.15, 0.2) is 24.3 Å². The molecular formula is C16H25IOSi. The summed E-state index contributed by atoms with van der Waals surface area (Å²) in [5.74, 6) is 0. The summed E-state index contributed by atoms with van der Waals surface area (Å²) in [4.78, 5) is 0. The van der Waals surface area contributed by atoms with E-state index in [0.29, 0.717) is 6.10 Å². The fraction of sp³-hybridized carbons (Fsp3) is 0.625. The van der Waals surface area contributed by atoms with Crippen LogP contribution in [0, 0.1) is 3.57 Å². The Morgan fingerprint density at radius 3 is 2.32 bits per heavy atom. The van der Waals surface area contributed by atoms with E-state index < -0.39 is 8.32 Å². The van der Waals surface area contributed by atoms with Gasteiger partial charge in [0.15, 0.2) is 0 Å². The highest BCUT2D eigenvalue weighted by atomic mass is 127. The summed E-state index contributed by atoms with van der Waals surface area (Å²) in [6, 6.07) is 11.2. The van der Waals surface area contributed by atoms with Gasteiger partial charge in [-0.2, -0.15) is 0 Å². The van der Waals surface area contributed by atoms with Gasteiger partial charge in [-0.1, -0.05) is 51.3 Å². The third-order valence-electron chi connectivity index (χ3n) is 4.45. The van der Waals surface area contributed by atoms with Gasteiger partial charge in [0, 0.05) is 9.67 Å². The van der Waals surface area contributed by atoms with Gasteiger partial charge in [0.1, 0.15) is 0 Å². The molecule has 0 heterocycles. The van der Waals surface area contributed by atoms with Crippen LogP contribution in [-0.2, 0) is 4.43 Å². The van der Waals surface area contributed by atoms with E-state index in [1.54, 1.807) is 0 Å². The van der Waals surface area contributed by atoms with Crippen molar-refractivity contribution < 1.29 is 4.43 Å². The van der Waals surface area contributed by atoms with Crippen molar-refractivity contribution in [2.45, 2.75) is 64.1 Å². The minimum atomic E-state index is -1.76. The van der Waals surface area contributed by atoms with E-state index >= 15 is 0 Å². The van der Waals surface area contributed by atoms with Crippen LogP contribution in [0.25, 0.3) is 0 Å². The highest BCUT2D eigenvalue weighted by Gasteiger charge is 2.37. The van der Waals surface area contributed by atoms with Crippen LogP contribution in [0.1, 0.15) is 46.0 Å². The number of hydrogen-bond acceptors (Lipinski definition) is 1. The average molecular weight is 388 g/mol. The Bertz CT molecular complexity index is 397. The van der Waals surface area contributed by atoms with Crippen molar-refractivity contribution in [3.63, 3.8) is 0 Å². The Morgan fingerprint density at radius 2 is 1.74 bits per heavy atom. The molecule has 0 spiro atoms. The predicted molar refractivity (Wildman–Crippen MR) is 93.5 cm³/mol. The second-order valence-electron chi connectivity index (χ2n) is 5.56. The predicted octanol–water partition coefficient (Wildman–Crippen LogP) is 4.83. The van der Waals surface area contributed by atoms with Crippen molar-refractivity contribution in [1.82, 2.24) is 0 Å². The molecule has 0 saturated heterocycles. The number of rotatable bonds is 5. The van der Waals surface area contributed by atoms with E-state index in [4.69, 9.17) is 4.43 Å². The summed E-state index contributed by atoms with van der Waals surface area (Å²) in [6.07, 6.45) is 7.19. The smallest absolute Gasteiger partial charge is 0.225 e. The lowest BCUT2D eigenvalue weighted by Gasteiger charge is -2.36. The number of halogens is 1. The van der Waals surface area contributed by atoms with Gasteiger partial charge in [-0.15, -0.1) is 0 Å². The van der Waals surface area contributed by atoms with Gasteiger partial charge in [-0.25, -0.2) is 0 Å². The summed E-state index contributed by atoms with van der Waals surface area (Å²) < 4.78 is 8.17. The van der Waals surface area contributed by atoms with Crippen molar-refractivity contribution >= 4 is 36.1 Å². The molecule has 1 aliphatic carbocycles. The molecule has 2 rings (SSSR count). The third kappa shape index (κ3) is 3.61. The zero-order chi connectivity index (χ0) is 13.7. The van der Waals surface area contributed by atoms with Gasteiger partial charge in [0.25, 0.3) is 0 Å². The Balaban J connectivity index is 2.23. The molecule has 1 aliphatic rings. The van der Waals surface area contributed by atoms with E-state index in [1.165, 1.54) is 52.9 Å². The third-order valence-corrected chi connectivity index (χ3v) is 10.4. The van der Waals surface area contributed by atoms with Gasteiger partial charge < -0.3 is 4.43 Å². The van der Waals surface area contributed by atoms with E-state index in [9.17, 15) is 0 Å². The minimum absolute atomic E-state index is 0.524. The van der Waals surface area contributed by atoms with Crippen LogP contribution in [0.2, 0.25) is 12.1 Å². The molecule has 0 radical (unpaired) electrons. The highest BCUT2D eigenvalue weighted by Crippen LogP contribution is 2.28. The summed E-state index contributed by atoms with van der Waals surface area (Å²) in [5.41, 5.74) is 0. The molecule has 0 aromatic heterocycles. The first-order chi connectivity index (χ1) is 9.22. The maximum Gasteiger partial charge on any atom is 0.225 e. The quantitative estimate of drug-likeness (QED) is 0.519. The first kappa shape index (κ1) is 15.5. The maximum absolute atomic E-state index is 6.78. The number of benzene rings is 1. The molecule has 106 valence electrons. The maximum atomic E-state index is 6.78. The van der Waals surface area contributed by atoms with Gasteiger partial charge >= 0.3 is 0 Å². The molecule has 1 fully saturated rings. The van der Waals surface area contributed by atoms with Crippen LogP contribution >= 0.6 is 22.6 Å². The van der Waals surface area contributed by atoms with Crippen molar-refractivity contribution in [2.24, 2.45) is 0 Å². The molecule has 1 aromatic rings. The minimum Gasteiger partial charge on any atom is -0.409 e. The van der Waals surface area contributed by atoms with Crippen molar-refractivity contribution in [3.05, 3.63) is 27.8 Å². The molecule has 0 bridgehead atoms. The summed E-state index contributed by atoms with van der Waals surface area (Å²) in [6.45, 7) is 4.64. The molecule has 0 atom stereocenters. The Morgan fingerprint density at radius 1 is 1.11 bits per heavy atom. The Kier molecular flexibility index (Phi) is 5.90. The molecule has 1 saturated carbocycles. The molecule has 0 amide bonds. The molecule has 0 unspecified atom stereocenters. The second kappa shape index (κ2) is 7.23. The summed E-state index contributed by atoms with van der Waals surface area (Å²) in [7, 11) is -1.76. The second-order valence-corrected chi connectivity index (χ2v) is 10.9. The SMILES string of the molecule is CC[Si](CC)(OC1CCCCC1)c1ccccc1I. The van der Waals surface area contributed by atoms with Crippen LogP contribution in [0.3, 0.4) is 0 Å². The van der Waals surface area contributed by atoms with Gasteiger partial charge in [-0.3, -0.25) is 0 Å². The Labute approximate surface area is 132 Å². The molecular weight excluding hydrogens is 363 g/mol. The molecule has 0 N–H and O–H groups in total. The zero-order valence-electron chi connectivity index (χ0n) is 12.1. The fourth-order valence-electron chi connectivity index (χ4n) is 3.19. The van der Waals surface area contributed by atoms with Crippen molar-refractivity contribution in [2.75, 3.05) is 0 Å². The lowest BCUT2D eigenvalue weighted by molar-refractivity contribution is 0.146. The van der Waals surface area contributed by atoms with Crippen molar-refractivity contribution in [3.8, 4) is 0 Å². The standard InChI is InChI=1S/C16H25IOSi/c1-3-19(4-2,16-13-9-8-12-15(16)17)18-14-10-6-5-7-11-14/h8-9,12-14H,3-7,10-11H2,1-2H3. The highest BCUT2D eigenvalue weighted by molar-refractivity contribution is 14.1. The normalized spacial score (nSPS) is 17.6. The van der Waals surface area contributed by atoms with Gasteiger partial charge in [-0.05, 0) is 58.8 Å². The van der Waals surface area contributed by atoms with Crippen LogP contribution in [-0.4, -0.2) is 14.4 Å². The molecule has 19 heavy (non-hydrogen) atoms. The monoisotopic (exact) mass is 388 g/mol. The van der Waals surface area contributed by atoms with Gasteiger partial charge in [0.05, 0.1) is 0 Å². The average Bonchev–Trinajstić information content (AvgIpc) is 2.47. The van der Waals surface area contributed by atoms with Gasteiger partial charge in [0.2, 0.25) is 8.32 Å². The topological polar surface area (TPSA) is 9.23 Å². The van der Waals surface area contributed by atoms with E-state index in [0.717, 1.165) is 0 Å². The molecule has 3 heteroatoms. The largest absolute Gasteiger partial charge is 0.409 e. The van der Waals surface area contributed by atoms with Crippen LogP contribution in [0.5, 0.6) is 0 Å². The fourth-order valence-corrected chi connectivity index (χ4v) is 8.57. The van der Waals surface area contributed by atoms with Crippen LogP contribution < -0.4 is 5.19 Å². The molecule has 1 nitrogen and oxygen atoms in total. The first-order valence-corrected chi connectivity index (χ1v) is 11.0. The van der Waals surface area contributed by atoms with E-state index in [2.05, 4.69) is 60.7 Å². The zero-order valence-corrected chi connectivity index (χ0v) is 15.3. The molecule has 0 aliphatic heterocycles. The first-order valence-electron chi connectivity index (χ1n) is 7.64. The number of hydrogen-bond donors (Lipinski definition) is 0. The van der Waals surface area contributed by atoms with Crippen LogP contribution in [0.4, 0.5) is 0 Å². The van der Waals surface area contributed by atoms with E-state index in [1.807, 2.05) is 0 Å². The van der Waals surface area contributed by atoms with E-state index in [-0.39, 0.29) is 0 Å². The van der Waals surface area contributed by atoms with Crippen molar-refractivity contribution in [1.29, 1.82) is 0 Å². The Hall–Kier alpha value is 0.127. The lowest BCUT2D eigenvalue weighted by Crippen LogP contribution is -2.53. The summed E-state index contributed by atoms with van der Waals surface area (Å²) >= 11 is 2.48. The summed E-state index contributed by atoms with van der Waals surface area (Å²) in [5, 5.41) is 1.52. The lowest BCUT2D eigenvalue weighted by atomic mass is 9.98.